The van der Waals surface area contributed by atoms with Crippen LogP contribution in [0.25, 0.3) is 0 Å². The van der Waals surface area contributed by atoms with Crippen molar-refractivity contribution in [1.29, 1.82) is 0 Å². The lowest BCUT2D eigenvalue weighted by Crippen LogP contribution is -2.49. The molecule has 0 radical (unpaired) electrons. The van der Waals surface area contributed by atoms with Crippen molar-refractivity contribution >= 4 is 17.1 Å². The second-order valence-corrected chi connectivity index (χ2v) is 4.51. The molecule has 1 aromatic rings. The number of hydrogen-bond donors (Lipinski definition) is 2. The van der Waals surface area contributed by atoms with E-state index in [0.717, 1.165) is 0 Å². The van der Waals surface area contributed by atoms with Gasteiger partial charge in [-0.3, -0.25) is 10.1 Å². The Balaban J connectivity index is 2.46. The van der Waals surface area contributed by atoms with Gasteiger partial charge in [-0.2, -0.15) is 0 Å². The van der Waals surface area contributed by atoms with Crippen LogP contribution in [0.5, 0.6) is 0 Å². The van der Waals surface area contributed by atoms with Gasteiger partial charge in [0.1, 0.15) is 11.4 Å². The van der Waals surface area contributed by atoms with Crippen LogP contribution >= 0.6 is 0 Å². The molecule has 3 N–H and O–H groups in total. The molecule has 1 aromatic carbocycles. The first kappa shape index (κ1) is 13.5. The fourth-order valence-corrected chi connectivity index (χ4v) is 2.19. The first-order valence-electron chi connectivity index (χ1n) is 5.82. The van der Waals surface area contributed by atoms with Crippen LogP contribution in [0.1, 0.15) is 6.92 Å². The number of rotatable bonds is 2. The lowest BCUT2D eigenvalue weighted by atomic mass is 10.1. The summed E-state index contributed by atoms with van der Waals surface area (Å²) in [6, 6.07) is 0.740. The van der Waals surface area contributed by atoms with Gasteiger partial charge in [0.05, 0.1) is 11.0 Å². The maximum atomic E-state index is 14.1. The average molecular weight is 272 g/mol. The Labute approximate surface area is 108 Å². The normalized spacial score (nSPS) is 19.5. The molecule has 1 unspecified atom stereocenters. The van der Waals surface area contributed by atoms with Crippen LogP contribution < -0.4 is 16.0 Å². The van der Waals surface area contributed by atoms with E-state index in [4.69, 9.17) is 5.73 Å². The van der Waals surface area contributed by atoms with E-state index in [1.54, 1.807) is 0 Å². The third-order valence-corrected chi connectivity index (χ3v) is 3.09. The fourth-order valence-electron chi connectivity index (χ4n) is 2.19. The van der Waals surface area contributed by atoms with Crippen LogP contribution in [0.4, 0.5) is 25.8 Å². The summed E-state index contributed by atoms with van der Waals surface area (Å²) in [4.78, 5) is 11.2. The minimum absolute atomic E-state index is 0.0731. The average Bonchev–Trinajstić information content (AvgIpc) is 2.33. The zero-order valence-corrected chi connectivity index (χ0v) is 10.3. The van der Waals surface area contributed by atoms with Gasteiger partial charge in [0, 0.05) is 25.7 Å². The van der Waals surface area contributed by atoms with E-state index >= 15 is 0 Å². The number of nitro benzene ring substituents is 1. The molecule has 1 aliphatic heterocycles. The van der Waals surface area contributed by atoms with Crippen LogP contribution in [0, 0.1) is 21.7 Å². The van der Waals surface area contributed by atoms with Crippen molar-refractivity contribution in [2.45, 2.75) is 13.0 Å². The molecule has 1 saturated heterocycles. The first-order chi connectivity index (χ1) is 8.91. The molecule has 1 heterocycles. The molecule has 0 bridgehead atoms. The molecule has 8 heteroatoms. The predicted octanol–water partition coefficient (Wildman–Crippen LogP) is 1.25. The minimum Gasteiger partial charge on any atom is -0.391 e. The van der Waals surface area contributed by atoms with Gasteiger partial charge < -0.3 is 16.0 Å². The van der Waals surface area contributed by atoms with Crippen molar-refractivity contribution in [3.8, 4) is 0 Å². The zero-order chi connectivity index (χ0) is 14.2. The highest BCUT2D eigenvalue weighted by molar-refractivity contribution is 5.69. The van der Waals surface area contributed by atoms with E-state index in [1.165, 1.54) is 4.90 Å². The third-order valence-electron chi connectivity index (χ3n) is 3.09. The third kappa shape index (κ3) is 2.43. The predicted molar refractivity (Wildman–Crippen MR) is 67.1 cm³/mol. The molecule has 0 amide bonds. The van der Waals surface area contributed by atoms with E-state index in [9.17, 15) is 18.9 Å². The Morgan fingerprint density at radius 3 is 2.84 bits per heavy atom. The van der Waals surface area contributed by atoms with Gasteiger partial charge in [-0.15, -0.1) is 0 Å². The zero-order valence-electron chi connectivity index (χ0n) is 10.3. The van der Waals surface area contributed by atoms with Crippen LogP contribution in [-0.4, -0.2) is 30.6 Å². The van der Waals surface area contributed by atoms with Gasteiger partial charge in [-0.25, -0.2) is 8.78 Å². The smallest absolute Gasteiger partial charge is 0.298 e. The highest BCUT2D eigenvalue weighted by atomic mass is 19.1. The van der Waals surface area contributed by atoms with E-state index < -0.39 is 27.9 Å². The molecular weight excluding hydrogens is 258 g/mol. The second-order valence-electron chi connectivity index (χ2n) is 4.51. The van der Waals surface area contributed by atoms with Crippen molar-refractivity contribution in [2.75, 3.05) is 30.3 Å². The van der Waals surface area contributed by atoms with Gasteiger partial charge in [0.2, 0.25) is 0 Å². The molecule has 19 heavy (non-hydrogen) atoms. The highest BCUT2D eigenvalue weighted by Gasteiger charge is 2.28. The van der Waals surface area contributed by atoms with E-state index in [1.807, 2.05) is 6.92 Å². The Bertz CT molecular complexity index is 524. The monoisotopic (exact) mass is 272 g/mol. The largest absolute Gasteiger partial charge is 0.391 e. The maximum Gasteiger partial charge on any atom is 0.298 e. The summed E-state index contributed by atoms with van der Waals surface area (Å²) < 4.78 is 28.0. The molecule has 2 rings (SSSR count). The van der Waals surface area contributed by atoms with Crippen molar-refractivity contribution in [3.05, 3.63) is 27.8 Å². The Kier molecular flexibility index (Phi) is 3.52. The number of nitrogens with two attached hydrogens (primary N) is 1. The van der Waals surface area contributed by atoms with Crippen molar-refractivity contribution in [3.63, 3.8) is 0 Å². The number of anilines is 2. The summed E-state index contributed by atoms with van der Waals surface area (Å²) >= 11 is 0. The van der Waals surface area contributed by atoms with Gasteiger partial charge in [-0.1, -0.05) is 0 Å². The van der Waals surface area contributed by atoms with Crippen molar-refractivity contribution in [2.24, 2.45) is 0 Å². The van der Waals surface area contributed by atoms with Crippen LogP contribution in [0.2, 0.25) is 0 Å². The lowest BCUT2D eigenvalue weighted by molar-refractivity contribution is -0.384. The SMILES string of the molecule is CC1CN(c2c(F)cc([N+](=O)[O-])c(N)c2F)CCN1. The lowest BCUT2D eigenvalue weighted by Gasteiger charge is -2.34. The molecular formula is C11H14F2N4O2. The molecule has 0 spiro atoms. The van der Waals surface area contributed by atoms with Crippen LogP contribution in [0.3, 0.4) is 0 Å². The molecule has 1 fully saturated rings. The summed E-state index contributed by atoms with van der Waals surface area (Å²) in [6.45, 7) is 3.29. The molecule has 0 aliphatic carbocycles. The fraction of sp³-hybridized carbons (Fsp3) is 0.455. The molecule has 1 atom stereocenters. The van der Waals surface area contributed by atoms with Crippen LogP contribution in [0.15, 0.2) is 6.07 Å². The van der Waals surface area contributed by atoms with Gasteiger partial charge in [0.25, 0.3) is 5.69 Å². The van der Waals surface area contributed by atoms with E-state index in [-0.39, 0.29) is 11.7 Å². The summed E-state index contributed by atoms with van der Waals surface area (Å²) in [7, 11) is 0. The van der Waals surface area contributed by atoms with Crippen molar-refractivity contribution in [1.82, 2.24) is 5.32 Å². The van der Waals surface area contributed by atoms with Crippen LogP contribution in [-0.2, 0) is 0 Å². The Hall–Kier alpha value is -1.96. The summed E-state index contributed by atoms with van der Waals surface area (Å²) in [5.41, 5.74) is 3.69. The number of piperazine rings is 1. The highest BCUT2D eigenvalue weighted by Crippen LogP contribution is 2.34. The standard InChI is InChI=1S/C11H14F2N4O2/c1-6-5-16(3-2-15-6)11-7(12)4-8(17(18)19)10(14)9(11)13/h4,6,15H,2-3,5,14H2,1H3. The van der Waals surface area contributed by atoms with E-state index in [2.05, 4.69) is 5.32 Å². The first-order valence-corrected chi connectivity index (χ1v) is 5.82. The number of benzene rings is 1. The summed E-state index contributed by atoms with van der Waals surface area (Å²) in [5.74, 6) is -2.03. The molecule has 0 saturated carbocycles. The number of nitrogens with zero attached hydrogens (tertiary/aromatic N) is 2. The maximum absolute atomic E-state index is 14.1. The number of nitrogens with one attached hydrogen (secondary N) is 1. The Morgan fingerprint density at radius 2 is 2.26 bits per heavy atom. The molecule has 0 aromatic heterocycles. The summed E-state index contributed by atoms with van der Waals surface area (Å²) in [6.07, 6.45) is 0. The van der Waals surface area contributed by atoms with Gasteiger partial charge in [-0.05, 0) is 6.92 Å². The van der Waals surface area contributed by atoms with Gasteiger partial charge in [0.15, 0.2) is 11.6 Å². The second kappa shape index (κ2) is 4.96. The number of nitrogen functional groups attached to an aromatic ring is 1. The Morgan fingerprint density at radius 1 is 1.58 bits per heavy atom. The van der Waals surface area contributed by atoms with Crippen molar-refractivity contribution < 1.29 is 13.7 Å². The topological polar surface area (TPSA) is 84.4 Å². The number of nitro groups is 1. The molecule has 104 valence electrons. The molecule has 1 aliphatic rings. The van der Waals surface area contributed by atoms with Gasteiger partial charge >= 0.3 is 0 Å². The number of hydrogen-bond acceptors (Lipinski definition) is 5. The number of halogens is 2. The van der Waals surface area contributed by atoms with E-state index in [0.29, 0.717) is 25.7 Å². The summed E-state index contributed by atoms with van der Waals surface area (Å²) in [5, 5.41) is 13.8. The minimum atomic E-state index is -1.07. The quantitative estimate of drug-likeness (QED) is 0.481. The molecule has 6 nitrogen and oxygen atoms in total.